The molecule has 0 aliphatic heterocycles. The summed E-state index contributed by atoms with van der Waals surface area (Å²) in [5, 5.41) is 15.4. The van der Waals surface area contributed by atoms with Crippen LogP contribution < -0.4 is 5.32 Å². The Labute approximate surface area is 92.1 Å². The lowest BCUT2D eigenvalue weighted by Crippen LogP contribution is -2.13. The quantitative estimate of drug-likeness (QED) is 0.788. The van der Waals surface area contributed by atoms with Gasteiger partial charge in [-0.05, 0) is 42.3 Å². The lowest BCUT2D eigenvalue weighted by atomic mass is 10.1. The maximum atomic E-state index is 11.7. The van der Waals surface area contributed by atoms with E-state index in [-0.39, 0.29) is 11.9 Å². The molecule has 0 bridgehead atoms. The average Bonchev–Trinajstić information content (AvgIpc) is 2.74. The van der Waals surface area contributed by atoms with E-state index < -0.39 is 0 Å². The summed E-state index contributed by atoms with van der Waals surface area (Å²) in [6.07, 6.45) is 0. The van der Waals surface area contributed by atoms with E-state index in [9.17, 15) is 4.79 Å². The number of nitrogens with one attached hydrogen (secondary N) is 2. The maximum Gasteiger partial charge on any atom is 0.270 e. The number of hydrogen-bond donors (Lipinski definition) is 2. The van der Waals surface area contributed by atoms with Crippen LogP contribution >= 0.6 is 0 Å². The van der Waals surface area contributed by atoms with Crippen molar-refractivity contribution in [1.29, 1.82) is 0 Å². The molecule has 0 radical (unpaired) electrons. The van der Waals surface area contributed by atoms with Crippen LogP contribution in [0.15, 0.2) is 18.2 Å². The molecule has 0 unspecified atom stereocenters. The number of carbonyl (C=O) groups excluding carboxylic acids is 1. The molecule has 6 nitrogen and oxygen atoms in total. The van der Waals surface area contributed by atoms with Gasteiger partial charge in [0.05, 0.1) is 0 Å². The largest absolute Gasteiger partial charge is 0.288 e. The van der Waals surface area contributed by atoms with Gasteiger partial charge in [0.25, 0.3) is 11.9 Å². The highest BCUT2D eigenvalue weighted by Crippen LogP contribution is 2.10. The average molecular weight is 217 g/mol. The Kier molecular flexibility index (Phi) is 2.63. The van der Waals surface area contributed by atoms with E-state index >= 15 is 0 Å². The number of aromatic amines is 1. The number of aromatic nitrogens is 4. The fourth-order valence-electron chi connectivity index (χ4n) is 1.27. The number of amides is 1. The van der Waals surface area contributed by atoms with E-state index in [1.807, 2.05) is 26.0 Å². The van der Waals surface area contributed by atoms with Gasteiger partial charge < -0.3 is 0 Å². The van der Waals surface area contributed by atoms with Crippen molar-refractivity contribution in [3.05, 3.63) is 34.9 Å². The minimum absolute atomic E-state index is 0.170. The van der Waals surface area contributed by atoms with Crippen LogP contribution in [-0.2, 0) is 0 Å². The van der Waals surface area contributed by atoms with Gasteiger partial charge in [-0.15, -0.1) is 5.10 Å². The van der Waals surface area contributed by atoms with E-state index in [1.165, 1.54) is 0 Å². The molecule has 1 amide bonds. The summed E-state index contributed by atoms with van der Waals surface area (Å²) in [5.41, 5.74) is 2.80. The first-order valence-corrected chi connectivity index (χ1v) is 4.79. The van der Waals surface area contributed by atoms with Gasteiger partial charge in [-0.3, -0.25) is 10.1 Å². The SMILES string of the molecule is Cc1ccc(C(=O)Nc2nn[nH]n2)cc1C. The van der Waals surface area contributed by atoms with E-state index in [2.05, 4.69) is 25.9 Å². The van der Waals surface area contributed by atoms with Gasteiger partial charge in [-0.2, -0.15) is 5.21 Å². The highest BCUT2D eigenvalue weighted by molar-refractivity contribution is 6.03. The van der Waals surface area contributed by atoms with Crippen molar-refractivity contribution in [2.75, 3.05) is 5.32 Å². The first-order chi connectivity index (χ1) is 7.66. The van der Waals surface area contributed by atoms with Crippen LogP contribution in [-0.4, -0.2) is 26.5 Å². The smallest absolute Gasteiger partial charge is 0.270 e. The lowest BCUT2D eigenvalue weighted by molar-refractivity contribution is 0.102. The molecular formula is C10H11N5O. The molecule has 0 atom stereocenters. The number of nitrogens with zero attached hydrogens (tertiary/aromatic N) is 3. The minimum Gasteiger partial charge on any atom is -0.288 e. The molecular weight excluding hydrogens is 206 g/mol. The number of aryl methyl sites for hydroxylation is 2. The second-order valence-electron chi connectivity index (χ2n) is 3.49. The van der Waals surface area contributed by atoms with Gasteiger partial charge in [0, 0.05) is 5.56 Å². The number of anilines is 1. The Hall–Kier alpha value is -2.24. The molecule has 6 heteroatoms. The first-order valence-electron chi connectivity index (χ1n) is 4.79. The van der Waals surface area contributed by atoms with Crippen molar-refractivity contribution in [2.45, 2.75) is 13.8 Å². The summed E-state index contributed by atoms with van der Waals surface area (Å²) in [6.45, 7) is 3.96. The lowest BCUT2D eigenvalue weighted by Gasteiger charge is -2.03. The van der Waals surface area contributed by atoms with Crippen molar-refractivity contribution < 1.29 is 4.79 Å². The molecule has 2 N–H and O–H groups in total. The zero-order valence-corrected chi connectivity index (χ0v) is 8.98. The molecule has 0 saturated carbocycles. The highest BCUT2D eigenvalue weighted by atomic mass is 16.1. The fourth-order valence-corrected chi connectivity index (χ4v) is 1.27. The highest BCUT2D eigenvalue weighted by Gasteiger charge is 2.08. The van der Waals surface area contributed by atoms with Crippen LogP contribution in [0.25, 0.3) is 0 Å². The maximum absolute atomic E-state index is 11.7. The number of rotatable bonds is 2. The van der Waals surface area contributed by atoms with E-state index in [0.29, 0.717) is 5.56 Å². The third-order valence-electron chi connectivity index (χ3n) is 2.34. The first kappa shape index (κ1) is 10.3. The summed E-state index contributed by atoms with van der Waals surface area (Å²) >= 11 is 0. The molecule has 0 aliphatic carbocycles. The van der Waals surface area contributed by atoms with Crippen molar-refractivity contribution >= 4 is 11.9 Å². The molecule has 0 spiro atoms. The summed E-state index contributed by atoms with van der Waals surface area (Å²) in [5.74, 6) is -0.0762. The minimum atomic E-state index is -0.246. The molecule has 2 aromatic rings. The van der Waals surface area contributed by atoms with Crippen molar-refractivity contribution in [1.82, 2.24) is 20.6 Å². The number of benzene rings is 1. The van der Waals surface area contributed by atoms with Crippen molar-refractivity contribution in [3.8, 4) is 0 Å². The van der Waals surface area contributed by atoms with E-state index in [1.54, 1.807) is 6.07 Å². The Morgan fingerprint density at radius 2 is 2.12 bits per heavy atom. The summed E-state index contributed by atoms with van der Waals surface area (Å²) in [7, 11) is 0. The van der Waals surface area contributed by atoms with Gasteiger partial charge >= 0.3 is 0 Å². The van der Waals surface area contributed by atoms with Crippen LogP contribution in [0.4, 0.5) is 5.95 Å². The van der Waals surface area contributed by atoms with Crippen LogP contribution in [0.2, 0.25) is 0 Å². The standard InChI is InChI=1S/C10H11N5O/c1-6-3-4-8(5-7(6)2)9(16)11-10-12-14-15-13-10/h3-5H,1-2H3,(H2,11,12,13,14,15,16). The zero-order valence-electron chi connectivity index (χ0n) is 8.98. The topological polar surface area (TPSA) is 83.6 Å². The van der Waals surface area contributed by atoms with Crippen molar-refractivity contribution in [3.63, 3.8) is 0 Å². The number of tetrazole rings is 1. The van der Waals surface area contributed by atoms with E-state index in [0.717, 1.165) is 11.1 Å². The summed E-state index contributed by atoms with van der Waals surface area (Å²) < 4.78 is 0. The molecule has 16 heavy (non-hydrogen) atoms. The molecule has 0 aliphatic rings. The Bertz CT molecular complexity index is 506. The van der Waals surface area contributed by atoms with Gasteiger partial charge in [-0.1, -0.05) is 11.2 Å². The Balaban J connectivity index is 2.18. The third-order valence-corrected chi connectivity index (χ3v) is 2.34. The second kappa shape index (κ2) is 4.09. The molecule has 0 saturated heterocycles. The van der Waals surface area contributed by atoms with Crippen LogP contribution in [0.1, 0.15) is 21.5 Å². The van der Waals surface area contributed by atoms with Gasteiger partial charge in [-0.25, -0.2) is 0 Å². The number of hydrogen-bond acceptors (Lipinski definition) is 4. The summed E-state index contributed by atoms with van der Waals surface area (Å²) in [4.78, 5) is 11.7. The Morgan fingerprint density at radius 3 is 2.75 bits per heavy atom. The fraction of sp³-hybridized carbons (Fsp3) is 0.200. The monoisotopic (exact) mass is 217 g/mol. The molecule has 0 fully saturated rings. The van der Waals surface area contributed by atoms with Gasteiger partial charge in [0.1, 0.15) is 0 Å². The third kappa shape index (κ3) is 2.05. The van der Waals surface area contributed by atoms with Crippen molar-refractivity contribution in [2.24, 2.45) is 0 Å². The normalized spacial score (nSPS) is 10.1. The molecule has 82 valence electrons. The predicted octanol–water partition coefficient (Wildman–Crippen LogP) is 1.07. The number of H-pyrrole nitrogens is 1. The van der Waals surface area contributed by atoms with E-state index in [4.69, 9.17) is 0 Å². The Morgan fingerprint density at radius 1 is 1.31 bits per heavy atom. The molecule has 2 rings (SSSR count). The molecule has 1 heterocycles. The molecule has 1 aromatic heterocycles. The van der Waals surface area contributed by atoms with Gasteiger partial charge in [0.2, 0.25) is 0 Å². The molecule has 1 aromatic carbocycles. The number of carbonyl (C=O) groups is 1. The predicted molar refractivity (Wildman–Crippen MR) is 58.0 cm³/mol. The zero-order chi connectivity index (χ0) is 11.5. The van der Waals surface area contributed by atoms with Crippen LogP contribution in [0, 0.1) is 13.8 Å². The summed E-state index contributed by atoms with van der Waals surface area (Å²) in [6, 6.07) is 5.49. The van der Waals surface area contributed by atoms with Crippen LogP contribution in [0.3, 0.4) is 0 Å². The van der Waals surface area contributed by atoms with Gasteiger partial charge in [0.15, 0.2) is 0 Å². The van der Waals surface area contributed by atoms with Crippen LogP contribution in [0.5, 0.6) is 0 Å². The second-order valence-corrected chi connectivity index (χ2v) is 3.49.